The zero-order valence-electron chi connectivity index (χ0n) is 16.6. The molecule has 6 nitrogen and oxygen atoms in total. The Labute approximate surface area is 174 Å². The van der Waals surface area contributed by atoms with Crippen molar-refractivity contribution >= 4 is 12.1 Å². The molecule has 1 aromatic heterocycles. The van der Waals surface area contributed by atoms with Gasteiger partial charge in [0.1, 0.15) is 24.2 Å². The lowest BCUT2D eigenvalue weighted by molar-refractivity contribution is -0.139. The van der Waals surface area contributed by atoms with E-state index in [9.17, 15) is 14.7 Å². The maximum Gasteiger partial charge on any atom is 0.407 e. The van der Waals surface area contributed by atoms with E-state index in [1.165, 1.54) is 0 Å². The van der Waals surface area contributed by atoms with Gasteiger partial charge in [-0.25, -0.2) is 9.59 Å². The minimum atomic E-state index is -1.14. The maximum absolute atomic E-state index is 12.4. The van der Waals surface area contributed by atoms with E-state index in [-0.39, 0.29) is 18.9 Å². The van der Waals surface area contributed by atoms with Gasteiger partial charge in [-0.1, -0.05) is 55.5 Å². The lowest BCUT2D eigenvalue weighted by Crippen LogP contribution is -2.42. The second-order valence-corrected chi connectivity index (χ2v) is 7.29. The van der Waals surface area contributed by atoms with Gasteiger partial charge in [-0.3, -0.25) is 0 Å². The van der Waals surface area contributed by atoms with Gasteiger partial charge in [-0.15, -0.1) is 0 Å². The Balaban J connectivity index is 1.42. The van der Waals surface area contributed by atoms with E-state index in [4.69, 9.17) is 9.15 Å². The van der Waals surface area contributed by atoms with Gasteiger partial charge in [0.25, 0.3) is 0 Å². The number of fused-ring (bicyclic) bond motifs is 3. The molecule has 1 aliphatic rings. The number of carbonyl (C=O) groups excluding carboxylic acids is 1. The first-order valence-corrected chi connectivity index (χ1v) is 9.98. The summed E-state index contributed by atoms with van der Waals surface area (Å²) < 4.78 is 11.0. The van der Waals surface area contributed by atoms with Crippen molar-refractivity contribution in [2.75, 3.05) is 6.61 Å². The van der Waals surface area contributed by atoms with E-state index < -0.39 is 18.1 Å². The summed E-state index contributed by atoms with van der Waals surface area (Å²) in [6.07, 6.45) is 0.0170. The van der Waals surface area contributed by atoms with E-state index in [0.29, 0.717) is 5.76 Å². The number of aryl methyl sites for hydroxylation is 1. The van der Waals surface area contributed by atoms with Crippen LogP contribution in [0.2, 0.25) is 0 Å². The number of alkyl carbamates (subject to hydrolysis) is 1. The molecular weight excluding hydrogens is 382 g/mol. The van der Waals surface area contributed by atoms with Crippen LogP contribution >= 0.6 is 0 Å². The fourth-order valence-corrected chi connectivity index (χ4v) is 3.91. The standard InChI is InChI=1S/C24H23NO5/c1-2-15-11-12-16(30-15)13-22(23(26)27)25-24(28)29-14-21-19-9-5-3-7-17(19)18-8-4-6-10-20(18)21/h3-12,21-22H,2,13-14H2,1H3,(H,25,28)(H,26,27). The van der Waals surface area contributed by atoms with E-state index in [2.05, 4.69) is 17.4 Å². The van der Waals surface area contributed by atoms with Gasteiger partial charge in [-0.2, -0.15) is 0 Å². The first-order chi connectivity index (χ1) is 14.6. The maximum atomic E-state index is 12.4. The van der Waals surface area contributed by atoms with E-state index in [1.807, 2.05) is 49.4 Å². The highest BCUT2D eigenvalue weighted by Crippen LogP contribution is 2.44. The third-order valence-electron chi connectivity index (χ3n) is 5.40. The molecule has 6 heteroatoms. The molecule has 1 heterocycles. The summed E-state index contributed by atoms with van der Waals surface area (Å²) >= 11 is 0. The quantitative estimate of drug-likeness (QED) is 0.609. The number of hydrogen-bond donors (Lipinski definition) is 2. The number of carbonyl (C=O) groups is 2. The number of nitrogens with one attached hydrogen (secondary N) is 1. The molecule has 1 aliphatic carbocycles. The van der Waals surface area contributed by atoms with Crippen LogP contribution in [0.3, 0.4) is 0 Å². The average Bonchev–Trinajstić information content (AvgIpc) is 3.34. The molecule has 0 fully saturated rings. The monoisotopic (exact) mass is 405 g/mol. The SMILES string of the molecule is CCc1ccc(CC(NC(=O)OCC2c3ccccc3-c3ccccc32)C(=O)O)o1. The van der Waals surface area contributed by atoms with Crippen LogP contribution in [-0.2, 0) is 22.4 Å². The van der Waals surface area contributed by atoms with Crippen LogP contribution in [0.1, 0.15) is 35.5 Å². The number of furan rings is 1. The van der Waals surface area contributed by atoms with Crippen molar-refractivity contribution < 1.29 is 23.8 Å². The minimum Gasteiger partial charge on any atom is -0.480 e. The molecule has 0 saturated carbocycles. The van der Waals surface area contributed by atoms with Crippen LogP contribution in [-0.4, -0.2) is 29.8 Å². The Bertz CT molecular complexity index is 1030. The highest BCUT2D eigenvalue weighted by atomic mass is 16.5. The normalized spacial score (nSPS) is 13.4. The number of carboxylic acids is 1. The van der Waals surface area contributed by atoms with E-state index in [0.717, 1.165) is 34.4 Å². The molecule has 1 unspecified atom stereocenters. The van der Waals surface area contributed by atoms with Crippen molar-refractivity contribution in [1.82, 2.24) is 5.32 Å². The van der Waals surface area contributed by atoms with Gasteiger partial charge in [-0.05, 0) is 34.4 Å². The minimum absolute atomic E-state index is 0.0551. The number of aliphatic carboxylic acids is 1. The summed E-state index contributed by atoms with van der Waals surface area (Å²) in [5, 5.41) is 11.9. The second-order valence-electron chi connectivity index (χ2n) is 7.29. The van der Waals surface area contributed by atoms with Gasteiger partial charge in [0.05, 0.1) is 0 Å². The van der Waals surface area contributed by atoms with Crippen LogP contribution in [0.15, 0.2) is 65.1 Å². The Hall–Kier alpha value is -3.54. The Kier molecular flexibility index (Phi) is 5.57. The molecule has 0 radical (unpaired) electrons. The first-order valence-electron chi connectivity index (χ1n) is 9.98. The summed E-state index contributed by atoms with van der Waals surface area (Å²) in [5.74, 6) is 0.0649. The first kappa shape index (κ1) is 19.8. The Morgan fingerprint density at radius 2 is 1.60 bits per heavy atom. The number of benzene rings is 2. The number of ether oxygens (including phenoxy) is 1. The predicted molar refractivity (Wildman–Crippen MR) is 111 cm³/mol. The lowest BCUT2D eigenvalue weighted by Gasteiger charge is -2.17. The van der Waals surface area contributed by atoms with Crippen molar-refractivity contribution in [3.05, 3.63) is 83.3 Å². The molecule has 0 aliphatic heterocycles. The summed E-state index contributed by atoms with van der Waals surface area (Å²) in [6.45, 7) is 2.08. The molecule has 4 rings (SSSR count). The van der Waals surface area contributed by atoms with E-state index in [1.54, 1.807) is 6.07 Å². The van der Waals surface area contributed by atoms with Crippen LogP contribution < -0.4 is 5.32 Å². The fourth-order valence-electron chi connectivity index (χ4n) is 3.91. The molecule has 3 aromatic rings. The molecular formula is C24H23NO5. The molecule has 1 atom stereocenters. The molecule has 0 saturated heterocycles. The Morgan fingerprint density at radius 1 is 1.00 bits per heavy atom. The summed E-state index contributed by atoms with van der Waals surface area (Å²) in [6, 6.07) is 18.5. The average molecular weight is 405 g/mol. The second kappa shape index (κ2) is 8.45. The van der Waals surface area contributed by atoms with Crippen molar-refractivity contribution in [3.8, 4) is 11.1 Å². The number of rotatable bonds is 7. The predicted octanol–water partition coefficient (Wildman–Crippen LogP) is 4.38. The number of amides is 1. The van der Waals surface area contributed by atoms with Crippen molar-refractivity contribution in [3.63, 3.8) is 0 Å². The van der Waals surface area contributed by atoms with Crippen LogP contribution in [0.4, 0.5) is 4.79 Å². The topological polar surface area (TPSA) is 88.8 Å². The third kappa shape index (κ3) is 3.94. The third-order valence-corrected chi connectivity index (χ3v) is 5.40. The summed E-state index contributed by atoms with van der Waals surface area (Å²) in [4.78, 5) is 24.0. The lowest BCUT2D eigenvalue weighted by atomic mass is 9.98. The fraction of sp³-hybridized carbons (Fsp3) is 0.250. The Morgan fingerprint density at radius 3 is 2.17 bits per heavy atom. The number of carboxylic acid groups (broad SMARTS) is 1. The summed E-state index contributed by atoms with van der Waals surface area (Å²) in [7, 11) is 0. The molecule has 154 valence electrons. The van der Waals surface area contributed by atoms with Gasteiger partial charge in [0.2, 0.25) is 0 Å². The van der Waals surface area contributed by atoms with Crippen molar-refractivity contribution in [1.29, 1.82) is 0 Å². The highest BCUT2D eigenvalue weighted by Gasteiger charge is 2.30. The molecule has 0 bridgehead atoms. The van der Waals surface area contributed by atoms with Gasteiger partial charge < -0.3 is 19.6 Å². The van der Waals surface area contributed by atoms with Crippen molar-refractivity contribution in [2.45, 2.75) is 31.7 Å². The molecule has 30 heavy (non-hydrogen) atoms. The van der Waals surface area contributed by atoms with Crippen LogP contribution in [0.25, 0.3) is 11.1 Å². The van der Waals surface area contributed by atoms with Gasteiger partial charge >= 0.3 is 12.1 Å². The zero-order chi connectivity index (χ0) is 21.1. The number of hydrogen-bond acceptors (Lipinski definition) is 4. The van der Waals surface area contributed by atoms with Crippen LogP contribution in [0.5, 0.6) is 0 Å². The smallest absolute Gasteiger partial charge is 0.407 e. The molecule has 2 N–H and O–H groups in total. The molecule has 1 amide bonds. The largest absolute Gasteiger partial charge is 0.480 e. The highest BCUT2D eigenvalue weighted by molar-refractivity contribution is 5.81. The van der Waals surface area contributed by atoms with E-state index >= 15 is 0 Å². The molecule has 2 aromatic carbocycles. The zero-order valence-corrected chi connectivity index (χ0v) is 16.6. The van der Waals surface area contributed by atoms with Crippen LogP contribution in [0, 0.1) is 0 Å². The van der Waals surface area contributed by atoms with Gasteiger partial charge in [0, 0.05) is 18.8 Å². The molecule has 0 spiro atoms. The summed E-state index contributed by atoms with van der Waals surface area (Å²) in [5.41, 5.74) is 4.47. The van der Waals surface area contributed by atoms with Gasteiger partial charge in [0.15, 0.2) is 0 Å². The van der Waals surface area contributed by atoms with Crippen molar-refractivity contribution in [2.24, 2.45) is 0 Å².